The lowest BCUT2D eigenvalue weighted by atomic mass is 9.43. The molecule has 0 aromatic heterocycles. The Morgan fingerprint density at radius 1 is 1.12 bits per heavy atom. The second-order valence-corrected chi connectivity index (χ2v) is 18.1. The van der Waals surface area contributed by atoms with Crippen molar-refractivity contribution in [2.45, 2.75) is 134 Å². The second-order valence-electron chi connectivity index (χ2n) is 18.1. The van der Waals surface area contributed by atoms with Gasteiger partial charge < -0.3 is 41.4 Å². The molecule has 0 aliphatic heterocycles. The van der Waals surface area contributed by atoms with E-state index >= 15 is 0 Å². The average molecular weight is 808 g/mol. The lowest BCUT2D eigenvalue weighted by Crippen LogP contribution is -2.54. The molecule has 318 valence electrons. The molecule has 10 nitrogen and oxygen atoms in total. The number of guanidine groups is 1. The summed E-state index contributed by atoms with van der Waals surface area (Å²) in [4.78, 5) is 18.5. The Bertz CT molecular complexity index is 2000. The molecule has 2 aromatic carbocycles. The standard InChI is InChI=1S/C49H65N3O7/c1-4-30(18-20-53)34(28-54)24-37(56)16-15-32-26-43(59-38-12-5-6-13-38)47(57)45-39(32)14-8-10-35(52-48(50)51)22-33-25-41-40(31-9-7-11-36(55)23-31)21-29(2)27-49(41)19-17-42(58-3)44(33)46(45)49/h7,9,11,23-26,29-30,33,35,38,40,42,44,46,53-55,57H,4-6,10,12-13,15-22,27-28H2,1-3H3,(H4,50,51,52). The van der Waals surface area contributed by atoms with E-state index in [9.17, 15) is 25.2 Å². The number of ether oxygens (including phenoxy) is 2. The predicted molar refractivity (Wildman–Crippen MR) is 230 cm³/mol. The number of aliphatic hydroxyl groups is 2. The maximum atomic E-state index is 13.8. The lowest BCUT2D eigenvalue weighted by molar-refractivity contribution is -0.114. The van der Waals surface area contributed by atoms with Crippen molar-refractivity contribution in [2.75, 3.05) is 20.3 Å². The lowest BCUT2D eigenvalue weighted by Gasteiger charge is -2.62. The minimum atomic E-state index is -0.359. The number of fused-ring (bicyclic) bond motifs is 1. The van der Waals surface area contributed by atoms with E-state index in [0.29, 0.717) is 49.3 Å². The van der Waals surface area contributed by atoms with Crippen molar-refractivity contribution in [3.63, 3.8) is 0 Å². The van der Waals surface area contributed by atoms with Gasteiger partial charge in [0.1, 0.15) is 5.75 Å². The Hall–Kier alpha value is -4.30. The van der Waals surface area contributed by atoms with E-state index in [4.69, 9.17) is 25.9 Å². The number of aliphatic hydroxyl groups excluding tert-OH is 2. The molecule has 0 amide bonds. The van der Waals surface area contributed by atoms with Crippen LogP contribution < -0.4 is 16.2 Å². The normalized spacial score (nSPS) is 29.5. The van der Waals surface area contributed by atoms with Gasteiger partial charge in [0.05, 0.1) is 24.9 Å². The Labute approximate surface area is 350 Å². The fraction of sp³-hybridized carbons (Fsp3) is 0.592. The number of hydrogen-bond donors (Lipinski definition) is 6. The molecule has 10 heteroatoms. The molecule has 7 rings (SSSR count). The molecular formula is C49H65N3O7. The average Bonchev–Trinajstić information content (AvgIpc) is 3.72. The van der Waals surface area contributed by atoms with Gasteiger partial charge in [-0.15, -0.1) is 0 Å². The smallest absolute Gasteiger partial charge is 0.186 e. The van der Waals surface area contributed by atoms with Gasteiger partial charge in [0.2, 0.25) is 0 Å². The van der Waals surface area contributed by atoms with Crippen molar-refractivity contribution in [3.8, 4) is 29.1 Å². The molecule has 0 radical (unpaired) electrons. The van der Waals surface area contributed by atoms with Gasteiger partial charge in [-0.05, 0) is 147 Å². The Morgan fingerprint density at radius 3 is 2.61 bits per heavy atom. The van der Waals surface area contributed by atoms with Crippen LogP contribution in [0.2, 0.25) is 0 Å². The van der Waals surface area contributed by atoms with Gasteiger partial charge in [0.25, 0.3) is 0 Å². The molecule has 9 unspecified atom stereocenters. The molecule has 4 bridgehead atoms. The first kappa shape index (κ1) is 42.8. The van der Waals surface area contributed by atoms with Gasteiger partial charge in [-0.2, -0.15) is 0 Å². The summed E-state index contributed by atoms with van der Waals surface area (Å²) < 4.78 is 13.2. The third-order valence-electron chi connectivity index (χ3n) is 14.4. The van der Waals surface area contributed by atoms with E-state index in [1.165, 1.54) is 5.57 Å². The van der Waals surface area contributed by atoms with Crippen molar-refractivity contribution < 1.29 is 34.7 Å². The number of carbonyl (C=O) groups excluding carboxylic acids is 1. The molecule has 8 N–H and O–H groups in total. The topological polar surface area (TPSA) is 181 Å². The number of aryl methyl sites for hydroxylation is 1. The van der Waals surface area contributed by atoms with Crippen LogP contribution in [-0.4, -0.2) is 70.7 Å². The van der Waals surface area contributed by atoms with E-state index < -0.39 is 0 Å². The largest absolute Gasteiger partial charge is 0.508 e. The van der Waals surface area contributed by atoms with Crippen molar-refractivity contribution in [1.82, 2.24) is 0 Å². The molecular weight excluding hydrogens is 743 g/mol. The summed E-state index contributed by atoms with van der Waals surface area (Å²) in [5, 5.41) is 43.5. The summed E-state index contributed by atoms with van der Waals surface area (Å²) in [5.74, 6) is 7.78. The number of carbonyl (C=O) groups is 1. The van der Waals surface area contributed by atoms with Crippen LogP contribution >= 0.6 is 0 Å². The van der Waals surface area contributed by atoms with Gasteiger partial charge in [-0.1, -0.05) is 49.5 Å². The van der Waals surface area contributed by atoms with Crippen LogP contribution in [0, 0.1) is 40.9 Å². The maximum absolute atomic E-state index is 13.8. The van der Waals surface area contributed by atoms with Crippen LogP contribution in [0.5, 0.6) is 17.2 Å². The number of benzene rings is 2. The molecule has 3 fully saturated rings. The number of aliphatic imine (C=N–C) groups is 1. The van der Waals surface area contributed by atoms with E-state index in [0.717, 1.165) is 73.6 Å². The van der Waals surface area contributed by atoms with Crippen LogP contribution in [0.1, 0.15) is 131 Å². The number of rotatable bonds is 14. The van der Waals surface area contributed by atoms with Gasteiger partial charge in [-0.3, -0.25) is 4.79 Å². The highest BCUT2D eigenvalue weighted by Gasteiger charge is 2.61. The summed E-state index contributed by atoms with van der Waals surface area (Å²) in [6, 6.07) is 9.33. The number of ketones is 1. The number of nitrogens with zero attached hydrogens (tertiary/aromatic N) is 1. The van der Waals surface area contributed by atoms with Crippen molar-refractivity contribution in [1.29, 1.82) is 0 Å². The number of nitrogens with two attached hydrogens (primary N) is 2. The van der Waals surface area contributed by atoms with E-state index in [1.54, 1.807) is 19.3 Å². The number of methoxy groups -OCH3 is 1. The van der Waals surface area contributed by atoms with Crippen LogP contribution in [0.15, 0.2) is 58.6 Å². The molecule has 5 aliphatic carbocycles. The summed E-state index contributed by atoms with van der Waals surface area (Å²) in [6.07, 6.45) is 14.2. The number of allylic oxidation sites excluding steroid dienone is 3. The molecule has 5 aliphatic rings. The first-order valence-electron chi connectivity index (χ1n) is 22.1. The zero-order valence-electron chi connectivity index (χ0n) is 35.2. The van der Waals surface area contributed by atoms with Crippen LogP contribution in [0.25, 0.3) is 0 Å². The third kappa shape index (κ3) is 8.80. The second kappa shape index (κ2) is 18.5. The van der Waals surface area contributed by atoms with Gasteiger partial charge in [0.15, 0.2) is 23.2 Å². The number of phenolic OH excluding ortho intramolecular Hbond substituents is 2. The predicted octanol–water partition coefficient (Wildman–Crippen LogP) is 7.30. The Balaban J connectivity index is 1.45. The number of hydrogen-bond acceptors (Lipinski definition) is 8. The molecule has 59 heavy (non-hydrogen) atoms. The molecule has 2 aromatic rings. The van der Waals surface area contributed by atoms with E-state index in [-0.39, 0.29) is 96.1 Å². The summed E-state index contributed by atoms with van der Waals surface area (Å²) in [7, 11) is 1.80. The molecule has 1 spiro atoms. The highest BCUT2D eigenvalue weighted by molar-refractivity contribution is 5.90. The summed E-state index contributed by atoms with van der Waals surface area (Å²) in [6.45, 7) is 4.06. The third-order valence-corrected chi connectivity index (χ3v) is 14.4. The summed E-state index contributed by atoms with van der Waals surface area (Å²) in [5.41, 5.74) is 17.2. The highest BCUT2D eigenvalue weighted by Crippen LogP contribution is 2.70. The fourth-order valence-corrected chi connectivity index (χ4v) is 12.0. The zero-order chi connectivity index (χ0) is 41.8. The molecule has 0 heterocycles. The number of aromatic hydroxyl groups is 2. The minimum Gasteiger partial charge on any atom is -0.508 e. The van der Waals surface area contributed by atoms with Crippen molar-refractivity contribution in [2.24, 2.45) is 45.5 Å². The Morgan fingerprint density at radius 2 is 1.92 bits per heavy atom. The maximum Gasteiger partial charge on any atom is 0.186 e. The zero-order valence-corrected chi connectivity index (χ0v) is 35.2. The highest BCUT2D eigenvalue weighted by atomic mass is 16.5. The quantitative estimate of drug-likeness (QED) is 0.0375. The van der Waals surface area contributed by atoms with Gasteiger partial charge in [0, 0.05) is 49.5 Å². The molecule has 3 saturated carbocycles. The first-order valence-corrected chi connectivity index (χ1v) is 22.1. The number of phenols is 2. The van der Waals surface area contributed by atoms with E-state index in [2.05, 4.69) is 30.9 Å². The fourth-order valence-electron chi connectivity index (χ4n) is 12.0. The van der Waals surface area contributed by atoms with Crippen LogP contribution in [0.4, 0.5) is 0 Å². The van der Waals surface area contributed by atoms with Crippen LogP contribution in [0.3, 0.4) is 0 Å². The van der Waals surface area contributed by atoms with Crippen molar-refractivity contribution in [3.05, 3.63) is 75.9 Å². The van der Waals surface area contributed by atoms with E-state index in [1.807, 2.05) is 25.1 Å². The molecule has 9 atom stereocenters. The molecule has 0 saturated heterocycles. The monoisotopic (exact) mass is 807 g/mol. The van der Waals surface area contributed by atoms with Crippen molar-refractivity contribution >= 4 is 11.7 Å². The van der Waals surface area contributed by atoms with Gasteiger partial charge in [-0.25, -0.2) is 4.99 Å². The Kier molecular flexibility index (Phi) is 13.4. The first-order chi connectivity index (χ1) is 28.5. The SMILES string of the molecule is CCC(CCO)C(=CC(=O)CCc1cc(OC2CCCC2)c(O)c2c1C#CCC(N=C(N)N)CC1C=C3C(c4cccc(O)c4)CC(C)CC34CCC(OC)C1C24)CO. The van der Waals surface area contributed by atoms with Gasteiger partial charge >= 0.3 is 0 Å². The minimum absolute atomic E-state index is 0.0150. The van der Waals surface area contributed by atoms with Crippen LogP contribution in [-0.2, 0) is 16.0 Å². The summed E-state index contributed by atoms with van der Waals surface area (Å²) >= 11 is 0.